The quantitative estimate of drug-likeness (QED) is 0.756. The fourth-order valence-corrected chi connectivity index (χ4v) is 3.43. The Labute approximate surface area is 112 Å². The van der Waals surface area contributed by atoms with Gasteiger partial charge in [0, 0.05) is 12.1 Å². The van der Waals surface area contributed by atoms with Crippen LogP contribution in [-0.4, -0.2) is 35.1 Å². The van der Waals surface area contributed by atoms with Crippen molar-refractivity contribution in [3.63, 3.8) is 0 Å². The van der Waals surface area contributed by atoms with Crippen molar-refractivity contribution in [2.24, 2.45) is 5.92 Å². The number of hydrogen-bond donors (Lipinski definition) is 1. The van der Waals surface area contributed by atoms with E-state index >= 15 is 0 Å². The lowest BCUT2D eigenvalue weighted by molar-refractivity contribution is -0.141. The molecule has 3 nitrogen and oxygen atoms in total. The average Bonchev–Trinajstić information content (AvgIpc) is 2.29. The summed E-state index contributed by atoms with van der Waals surface area (Å²) in [6, 6.07) is 0. The number of carbonyl (C=O) groups is 1. The Morgan fingerprint density at radius 3 is 2.44 bits per heavy atom. The van der Waals surface area contributed by atoms with E-state index in [9.17, 15) is 9.90 Å². The molecule has 1 atom stereocenters. The van der Waals surface area contributed by atoms with Crippen LogP contribution in [0.4, 0.5) is 0 Å². The molecule has 0 aromatic heterocycles. The Kier molecular flexibility index (Phi) is 6.13. The number of nitrogens with zero attached hydrogens (tertiary/aromatic N) is 1. The minimum Gasteiger partial charge on any atom is -0.481 e. The number of aliphatic carboxylic acids is 1. The zero-order valence-electron chi connectivity index (χ0n) is 12.2. The highest BCUT2D eigenvalue weighted by Crippen LogP contribution is 2.36. The van der Waals surface area contributed by atoms with Gasteiger partial charge in [-0.2, -0.15) is 0 Å². The highest BCUT2D eigenvalue weighted by atomic mass is 16.4. The van der Waals surface area contributed by atoms with Gasteiger partial charge < -0.3 is 5.11 Å². The molecule has 1 unspecified atom stereocenters. The number of carboxylic acids is 1. The molecule has 1 rings (SSSR count). The van der Waals surface area contributed by atoms with E-state index in [1.165, 1.54) is 32.1 Å². The van der Waals surface area contributed by atoms with Crippen LogP contribution in [0.3, 0.4) is 0 Å². The predicted octanol–water partition coefficient (Wildman–Crippen LogP) is 3.53. The maximum Gasteiger partial charge on any atom is 0.305 e. The van der Waals surface area contributed by atoms with Gasteiger partial charge >= 0.3 is 5.97 Å². The second-order valence-electron chi connectivity index (χ2n) is 6.13. The molecule has 1 N–H and O–H groups in total. The minimum absolute atomic E-state index is 0.0773. The fourth-order valence-electron chi connectivity index (χ4n) is 3.43. The van der Waals surface area contributed by atoms with Gasteiger partial charge in [-0.1, -0.05) is 39.5 Å². The Morgan fingerprint density at radius 1 is 1.33 bits per heavy atom. The largest absolute Gasteiger partial charge is 0.481 e. The Balaban J connectivity index is 2.66. The van der Waals surface area contributed by atoms with Crippen molar-refractivity contribution in [3.05, 3.63) is 0 Å². The van der Waals surface area contributed by atoms with E-state index in [0.29, 0.717) is 12.3 Å². The molecule has 0 heterocycles. The summed E-state index contributed by atoms with van der Waals surface area (Å²) in [7, 11) is 2.13. The molecule has 0 spiro atoms. The van der Waals surface area contributed by atoms with Gasteiger partial charge in [0.25, 0.3) is 0 Å². The van der Waals surface area contributed by atoms with Gasteiger partial charge in [-0.05, 0) is 32.2 Å². The normalized spacial score (nSPS) is 20.9. The standard InChI is InChI=1S/C15H29NO2/c1-4-8-13(2)12-16(3)15(11-14(17)18)9-6-5-7-10-15/h13H,4-12H2,1-3H3,(H,17,18). The Bertz CT molecular complexity index is 259. The van der Waals surface area contributed by atoms with Crippen LogP contribution < -0.4 is 0 Å². The van der Waals surface area contributed by atoms with E-state index in [0.717, 1.165) is 19.4 Å². The molecular formula is C15H29NO2. The molecule has 1 aliphatic carbocycles. The van der Waals surface area contributed by atoms with Crippen LogP contribution in [0.15, 0.2) is 0 Å². The molecule has 0 bridgehead atoms. The van der Waals surface area contributed by atoms with Crippen molar-refractivity contribution in [2.45, 2.75) is 70.8 Å². The third-order valence-electron chi connectivity index (χ3n) is 4.44. The SMILES string of the molecule is CCCC(C)CN(C)C1(CC(=O)O)CCCCC1. The molecule has 0 radical (unpaired) electrons. The van der Waals surface area contributed by atoms with Crippen LogP contribution in [0.1, 0.15) is 65.2 Å². The number of carboxylic acid groups (broad SMARTS) is 1. The summed E-state index contributed by atoms with van der Waals surface area (Å²) < 4.78 is 0. The number of hydrogen-bond acceptors (Lipinski definition) is 2. The van der Waals surface area contributed by atoms with E-state index in [2.05, 4.69) is 25.8 Å². The molecule has 0 amide bonds. The molecule has 1 fully saturated rings. The lowest BCUT2D eigenvalue weighted by Crippen LogP contribution is -2.50. The maximum atomic E-state index is 11.2. The molecule has 0 saturated heterocycles. The minimum atomic E-state index is -0.646. The van der Waals surface area contributed by atoms with Crippen molar-refractivity contribution in [1.29, 1.82) is 0 Å². The first-order chi connectivity index (χ1) is 8.50. The highest BCUT2D eigenvalue weighted by Gasteiger charge is 2.38. The molecule has 106 valence electrons. The lowest BCUT2D eigenvalue weighted by Gasteiger charge is -2.45. The fraction of sp³-hybridized carbons (Fsp3) is 0.933. The molecule has 0 aromatic rings. The second-order valence-corrected chi connectivity index (χ2v) is 6.13. The molecule has 1 saturated carbocycles. The molecule has 0 aliphatic heterocycles. The van der Waals surface area contributed by atoms with Gasteiger partial charge in [0.1, 0.15) is 0 Å². The summed E-state index contributed by atoms with van der Waals surface area (Å²) >= 11 is 0. The summed E-state index contributed by atoms with van der Waals surface area (Å²) in [5.74, 6) is 0.0134. The van der Waals surface area contributed by atoms with Crippen LogP contribution in [0.25, 0.3) is 0 Å². The summed E-state index contributed by atoms with van der Waals surface area (Å²) in [4.78, 5) is 13.5. The third kappa shape index (κ3) is 4.27. The zero-order valence-corrected chi connectivity index (χ0v) is 12.2. The van der Waals surface area contributed by atoms with E-state index in [-0.39, 0.29) is 5.54 Å². The summed E-state index contributed by atoms with van der Waals surface area (Å²) in [6.45, 7) is 5.52. The van der Waals surface area contributed by atoms with Crippen molar-refractivity contribution >= 4 is 5.97 Å². The molecule has 18 heavy (non-hydrogen) atoms. The Hall–Kier alpha value is -0.570. The maximum absolute atomic E-state index is 11.2. The topological polar surface area (TPSA) is 40.5 Å². The summed E-state index contributed by atoms with van der Waals surface area (Å²) in [5.41, 5.74) is -0.0773. The second kappa shape index (κ2) is 7.13. The van der Waals surface area contributed by atoms with Gasteiger partial charge in [0.05, 0.1) is 6.42 Å². The van der Waals surface area contributed by atoms with Crippen molar-refractivity contribution in [2.75, 3.05) is 13.6 Å². The van der Waals surface area contributed by atoms with Crippen molar-refractivity contribution in [1.82, 2.24) is 4.90 Å². The first-order valence-electron chi connectivity index (χ1n) is 7.43. The van der Waals surface area contributed by atoms with E-state index in [1.54, 1.807) is 0 Å². The monoisotopic (exact) mass is 255 g/mol. The smallest absolute Gasteiger partial charge is 0.305 e. The van der Waals surface area contributed by atoms with Crippen LogP contribution in [0.2, 0.25) is 0 Å². The van der Waals surface area contributed by atoms with Gasteiger partial charge in [-0.15, -0.1) is 0 Å². The number of rotatable bonds is 7. The van der Waals surface area contributed by atoms with Crippen molar-refractivity contribution < 1.29 is 9.90 Å². The van der Waals surface area contributed by atoms with Crippen LogP contribution in [0, 0.1) is 5.92 Å². The average molecular weight is 255 g/mol. The van der Waals surface area contributed by atoms with E-state index < -0.39 is 5.97 Å². The van der Waals surface area contributed by atoms with Gasteiger partial charge in [-0.3, -0.25) is 9.69 Å². The van der Waals surface area contributed by atoms with E-state index in [4.69, 9.17) is 0 Å². The molecular weight excluding hydrogens is 226 g/mol. The zero-order chi connectivity index (χ0) is 13.6. The first-order valence-corrected chi connectivity index (χ1v) is 7.43. The van der Waals surface area contributed by atoms with Crippen LogP contribution in [-0.2, 0) is 4.79 Å². The van der Waals surface area contributed by atoms with Gasteiger partial charge in [0.2, 0.25) is 0 Å². The van der Waals surface area contributed by atoms with E-state index in [1.807, 2.05) is 0 Å². The Morgan fingerprint density at radius 2 is 1.94 bits per heavy atom. The van der Waals surface area contributed by atoms with Crippen molar-refractivity contribution in [3.8, 4) is 0 Å². The third-order valence-corrected chi connectivity index (χ3v) is 4.44. The highest BCUT2D eigenvalue weighted by molar-refractivity contribution is 5.68. The summed E-state index contributed by atoms with van der Waals surface area (Å²) in [5, 5.41) is 9.19. The first kappa shape index (κ1) is 15.5. The van der Waals surface area contributed by atoms with Gasteiger partial charge in [0.15, 0.2) is 0 Å². The summed E-state index contributed by atoms with van der Waals surface area (Å²) in [6.07, 6.45) is 8.47. The van der Waals surface area contributed by atoms with Gasteiger partial charge in [-0.25, -0.2) is 0 Å². The van der Waals surface area contributed by atoms with Crippen LogP contribution >= 0.6 is 0 Å². The lowest BCUT2D eigenvalue weighted by atomic mass is 9.77. The molecule has 0 aromatic carbocycles. The molecule has 3 heteroatoms. The molecule has 1 aliphatic rings. The van der Waals surface area contributed by atoms with Crippen LogP contribution in [0.5, 0.6) is 0 Å². The predicted molar refractivity (Wildman–Crippen MR) is 74.8 cm³/mol.